The zero-order valence-corrected chi connectivity index (χ0v) is 9.71. The first-order chi connectivity index (χ1) is 7.18. The summed E-state index contributed by atoms with van der Waals surface area (Å²) in [7, 11) is 0. The monoisotopic (exact) mass is 218 g/mol. The number of thiophene rings is 1. The molecule has 0 bridgehead atoms. The number of hydrogen-bond donors (Lipinski definition) is 1. The average Bonchev–Trinajstić information content (AvgIpc) is 2.65. The van der Waals surface area contributed by atoms with Crippen molar-refractivity contribution in [2.75, 3.05) is 0 Å². The highest BCUT2D eigenvalue weighted by Gasteiger charge is 2.12. The minimum absolute atomic E-state index is 0.0522. The zero-order valence-electron chi connectivity index (χ0n) is 8.90. The van der Waals surface area contributed by atoms with E-state index in [2.05, 4.69) is 23.4 Å². The summed E-state index contributed by atoms with van der Waals surface area (Å²) in [5, 5.41) is 2.12. The van der Waals surface area contributed by atoms with Crippen molar-refractivity contribution in [1.82, 2.24) is 4.98 Å². The first-order valence-corrected chi connectivity index (χ1v) is 5.78. The fourth-order valence-electron chi connectivity index (χ4n) is 1.63. The Balaban J connectivity index is 2.36. The highest BCUT2D eigenvalue weighted by Crippen LogP contribution is 2.25. The Bertz CT molecular complexity index is 462. The predicted octanol–water partition coefficient (Wildman–Crippen LogP) is 2.81. The quantitative estimate of drug-likeness (QED) is 0.841. The number of aromatic nitrogens is 1. The molecule has 0 amide bonds. The van der Waals surface area contributed by atoms with Crippen LogP contribution in [0.2, 0.25) is 0 Å². The van der Waals surface area contributed by atoms with Crippen LogP contribution in [0.5, 0.6) is 0 Å². The van der Waals surface area contributed by atoms with Gasteiger partial charge in [0.15, 0.2) is 0 Å². The van der Waals surface area contributed by atoms with E-state index in [1.807, 2.05) is 19.1 Å². The smallest absolute Gasteiger partial charge is 0.0577 e. The maximum absolute atomic E-state index is 6.20. The molecule has 2 N–H and O–H groups in total. The molecule has 0 radical (unpaired) electrons. The van der Waals surface area contributed by atoms with Crippen molar-refractivity contribution in [3.05, 3.63) is 51.5 Å². The number of rotatable bonds is 2. The van der Waals surface area contributed by atoms with Crippen LogP contribution < -0.4 is 5.73 Å². The molecule has 15 heavy (non-hydrogen) atoms. The summed E-state index contributed by atoms with van der Waals surface area (Å²) >= 11 is 1.73. The van der Waals surface area contributed by atoms with Gasteiger partial charge in [0.25, 0.3) is 0 Å². The molecule has 2 aromatic heterocycles. The Kier molecular flexibility index (Phi) is 2.84. The van der Waals surface area contributed by atoms with E-state index in [-0.39, 0.29) is 6.04 Å². The molecule has 0 fully saturated rings. The van der Waals surface area contributed by atoms with Crippen molar-refractivity contribution in [2.24, 2.45) is 5.73 Å². The SMILES string of the molecule is Cc1cc(C(N)c2cccnc2C)cs1. The maximum Gasteiger partial charge on any atom is 0.0577 e. The van der Waals surface area contributed by atoms with Crippen molar-refractivity contribution in [1.29, 1.82) is 0 Å². The molecular formula is C12H14N2S. The van der Waals surface area contributed by atoms with E-state index in [1.54, 1.807) is 17.5 Å². The molecule has 3 heteroatoms. The van der Waals surface area contributed by atoms with Gasteiger partial charge in [0.1, 0.15) is 0 Å². The molecule has 1 atom stereocenters. The summed E-state index contributed by atoms with van der Waals surface area (Å²) in [5.41, 5.74) is 9.49. The number of aryl methyl sites for hydroxylation is 2. The van der Waals surface area contributed by atoms with Gasteiger partial charge in [-0.25, -0.2) is 0 Å². The van der Waals surface area contributed by atoms with E-state index in [9.17, 15) is 0 Å². The van der Waals surface area contributed by atoms with Crippen LogP contribution in [0.3, 0.4) is 0 Å². The van der Waals surface area contributed by atoms with Gasteiger partial charge in [-0.3, -0.25) is 4.98 Å². The predicted molar refractivity (Wildman–Crippen MR) is 64.1 cm³/mol. The number of hydrogen-bond acceptors (Lipinski definition) is 3. The van der Waals surface area contributed by atoms with Gasteiger partial charge >= 0.3 is 0 Å². The highest BCUT2D eigenvalue weighted by atomic mass is 32.1. The van der Waals surface area contributed by atoms with Crippen molar-refractivity contribution >= 4 is 11.3 Å². The van der Waals surface area contributed by atoms with E-state index < -0.39 is 0 Å². The molecule has 2 nitrogen and oxygen atoms in total. The molecule has 2 aromatic rings. The first-order valence-electron chi connectivity index (χ1n) is 4.90. The summed E-state index contributed by atoms with van der Waals surface area (Å²) in [4.78, 5) is 5.55. The third-order valence-corrected chi connectivity index (χ3v) is 3.37. The third kappa shape index (κ3) is 2.08. The van der Waals surface area contributed by atoms with Crippen molar-refractivity contribution in [2.45, 2.75) is 19.9 Å². The Morgan fingerprint density at radius 3 is 2.80 bits per heavy atom. The lowest BCUT2D eigenvalue weighted by atomic mass is 10.0. The van der Waals surface area contributed by atoms with Crippen LogP contribution in [0.25, 0.3) is 0 Å². The van der Waals surface area contributed by atoms with Gasteiger partial charge in [-0.05, 0) is 42.5 Å². The standard InChI is InChI=1S/C12H14N2S/c1-8-6-10(7-15-8)12(13)11-4-3-5-14-9(11)2/h3-7,12H,13H2,1-2H3. The Hall–Kier alpha value is -1.19. The molecule has 78 valence electrons. The molecule has 0 saturated heterocycles. The summed E-state index contributed by atoms with van der Waals surface area (Å²) in [5.74, 6) is 0. The second kappa shape index (κ2) is 4.13. The molecule has 0 aliphatic rings. The van der Waals surface area contributed by atoms with Crippen LogP contribution in [0, 0.1) is 13.8 Å². The third-order valence-electron chi connectivity index (χ3n) is 2.49. The first kappa shape index (κ1) is 10.3. The molecule has 1 unspecified atom stereocenters. The van der Waals surface area contributed by atoms with Crippen molar-refractivity contribution < 1.29 is 0 Å². The topological polar surface area (TPSA) is 38.9 Å². The van der Waals surface area contributed by atoms with Crippen LogP contribution in [0.1, 0.15) is 27.7 Å². The Morgan fingerprint density at radius 2 is 2.20 bits per heavy atom. The van der Waals surface area contributed by atoms with Gasteiger partial charge in [0, 0.05) is 16.8 Å². The zero-order chi connectivity index (χ0) is 10.8. The van der Waals surface area contributed by atoms with Crippen molar-refractivity contribution in [3.8, 4) is 0 Å². The summed E-state index contributed by atoms with van der Waals surface area (Å²) in [6.07, 6.45) is 1.80. The normalized spacial score (nSPS) is 12.7. The molecule has 2 heterocycles. The van der Waals surface area contributed by atoms with Crippen LogP contribution in [-0.4, -0.2) is 4.98 Å². The molecule has 2 rings (SSSR count). The Labute approximate surface area is 93.8 Å². The number of pyridine rings is 1. The van der Waals surface area contributed by atoms with E-state index in [0.29, 0.717) is 0 Å². The largest absolute Gasteiger partial charge is 0.320 e. The second-order valence-electron chi connectivity index (χ2n) is 3.65. The molecule has 0 aliphatic heterocycles. The maximum atomic E-state index is 6.20. The summed E-state index contributed by atoms with van der Waals surface area (Å²) in [6.45, 7) is 4.09. The second-order valence-corrected chi connectivity index (χ2v) is 4.76. The van der Waals surface area contributed by atoms with E-state index >= 15 is 0 Å². The van der Waals surface area contributed by atoms with Gasteiger partial charge in [0.05, 0.1) is 6.04 Å². The lowest BCUT2D eigenvalue weighted by Gasteiger charge is -2.12. The minimum atomic E-state index is -0.0522. The molecule has 0 aromatic carbocycles. The molecular weight excluding hydrogens is 204 g/mol. The number of nitrogens with two attached hydrogens (primary N) is 1. The van der Waals surface area contributed by atoms with Gasteiger partial charge < -0.3 is 5.73 Å². The van der Waals surface area contributed by atoms with Crippen LogP contribution in [0.4, 0.5) is 0 Å². The molecule has 0 spiro atoms. The fraction of sp³-hybridized carbons (Fsp3) is 0.250. The van der Waals surface area contributed by atoms with Crippen LogP contribution >= 0.6 is 11.3 Å². The highest BCUT2D eigenvalue weighted by molar-refractivity contribution is 7.10. The van der Waals surface area contributed by atoms with E-state index in [0.717, 1.165) is 11.3 Å². The van der Waals surface area contributed by atoms with Gasteiger partial charge in [-0.15, -0.1) is 11.3 Å². The fourth-order valence-corrected chi connectivity index (χ4v) is 2.37. The Morgan fingerprint density at radius 1 is 1.40 bits per heavy atom. The number of nitrogens with zero attached hydrogens (tertiary/aromatic N) is 1. The lowest BCUT2D eigenvalue weighted by molar-refractivity contribution is 0.852. The lowest BCUT2D eigenvalue weighted by Crippen LogP contribution is -2.12. The average molecular weight is 218 g/mol. The van der Waals surface area contributed by atoms with Crippen LogP contribution in [0.15, 0.2) is 29.8 Å². The van der Waals surface area contributed by atoms with E-state index in [4.69, 9.17) is 5.73 Å². The van der Waals surface area contributed by atoms with Gasteiger partial charge in [-0.2, -0.15) is 0 Å². The van der Waals surface area contributed by atoms with Gasteiger partial charge in [-0.1, -0.05) is 6.07 Å². The van der Waals surface area contributed by atoms with Crippen molar-refractivity contribution in [3.63, 3.8) is 0 Å². The minimum Gasteiger partial charge on any atom is -0.320 e. The molecule has 0 saturated carbocycles. The molecule has 0 aliphatic carbocycles. The summed E-state index contributed by atoms with van der Waals surface area (Å²) < 4.78 is 0. The summed E-state index contributed by atoms with van der Waals surface area (Å²) in [6, 6.07) is 6.06. The van der Waals surface area contributed by atoms with Crippen LogP contribution in [-0.2, 0) is 0 Å². The van der Waals surface area contributed by atoms with Gasteiger partial charge in [0.2, 0.25) is 0 Å². The van der Waals surface area contributed by atoms with E-state index in [1.165, 1.54) is 10.4 Å².